The maximum Gasteiger partial charge on any atom is 0.187 e. The normalized spacial score (nSPS) is 10.8. The van der Waals surface area contributed by atoms with Crippen LogP contribution in [0.2, 0.25) is 5.02 Å². The lowest BCUT2D eigenvalue weighted by molar-refractivity contribution is 0.697. The van der Waals surface area contributed by atoms with Gasteiger partial charge in [0.2, 0.25) is 0 Å². The Balaban J connectivity index is 1.59. The maximum absolute atomic E-state index is 6.23. The summed E-state index contributed by atoms with van der Waals surface area (Å²) in [6.07, 6.45) is 3.33. The number of aromatic nitrogens is 5. The first-order valence-electron chi connectivity index (χ1n) is 8.02. The third kappa shape index (κ3) is 3.27. The van der Waals surface area contributed by atoms with Crippen LogP contribution in [-0.4, -0.2) is 25.0 Å². The number of anilines is 1. The molecule has 2 heterocycles. The predicted octanol–water partition coefficient (Wildman–Crippen LogP) is 3.69. The van der Waals surface area contributed by atoms with Crippen molar-refractivity contribution < 1.29 is 0 Å². The minimum Gasteiger partial charge on any atom is -0.383 e. The lowest BCUT2D eigenvalue weighted by Crippen LogP contribution is -2.06. The Morgan fingerprint density at radius 2 is 1.69 bits per heavy atom. The topological polar surface area (TPSA) is 82.5 Å². The van der Waals surface area contributed by atoms with Gasteiger partial charge in [0.05, 0.1) is 24.5 Å². The van der Waals surface area contributed by atoms with Crippen molar-refractivity contribution in [2.24, 2.45) is 0 Å². The summed E-state index contributed by atoms with van der Waals surface area (Å²) in [5, 5.41) is 13.5. The van der Waals surface area contributed by atoms with Gasteiger partial charge in [0.1, 0.15) is 11.5 Å². The molecule has 6 nitrogen and oxygen atoms in total. The number of nitrogens with zero attached hydrogens (tertiary/aromatic N) is 5. The standard InChI is InChI=1S/C19H15ClN6/c20-15-8-6-14(7-9-15)17-11-22-19(25-24-17)16-10-23-26(18(16)21)12-13-4-2-1-3-5-13/h1-11H,12,21H2. The summed E-state index contributed by atoms with van der Waals surface area (Å²) in [6.45, 7) is 0.586. The van der Waals surface area contributed by atoms with Crippen LogP contribution in [0.3, 0.4) is 0 Å². The first kappa shape index (κ1) is 16.2. The van der Waals surface area contributed by atoms with Gasteiger partial charge >= 0.3 is 0 Å². The first-order valence-corrected chi connectivity index (χ1v) is 8.40. The first-order chi connectivity index (χ1) is 12.7. The molecular weight excluding hydrogens is 348 g/mol. The molecule has 0 saturated heterocycles. The zero-order valence-electron chi connectivity index (χ0n) is 13.7. The number of nitrogens with two attached hydrogens (primary N) is 1. The van der Waals surface area contributed by atoms with E-state index in [4.69, 9.17) is 17.3 Å². The number of benzene rings is 2. The maximum atomic E-state index is 6.23. The molecule has 2 aromatic heterocycles. The average molecular weight is 363 g/mol. The molecule has 26 heavy (non-hydrogen) atoms. The van der Waals surface area contributed by atoms with Gasteiger partial charge in [0, 0.05) is 10.6 Å². The highest BCUT2D eigenvalue weighted by Crippen LogP contribution is 2.24. The van der Waals surface area contributed by atoms with Gasteiger partial charge in [-0.25, -0.2) is 9.67 Å². The number of hydrogen-bond donors (Lipinski definition) is 1. The van der Waals surface area contributed by atoms with Gasteiger partial charge in [-0.1, -0.05) is 54.1 Å². The molecule has 4 aromatic rings. The molecular formula is C19H15ClN6. The molecule has 2 aromatic carbocycles. The van der Waals surface area contributed by atoms with E-state index in [-0.39, 0.29) is 0 Å². The Bertz CT molecular complexity index is 1010. The van der Waals surface area contributed by atoms with Crippen molar-refractivity contribution in [1.82, 2.24) is 25.0 Å². The molecule has 2 N–H and O–H groups in total. The van der Waals surface area contributed by atoms with E-state index in [0.29, 0.717) is 34.5 Å². The van der Waals surface area contributed by atoms with E-state index in [1.165, 1.54) is 0 Å². The number of hydrogen-bond acceptors (Lipinski definition) is 5. The van der Waals surface area contributed by atoms with E-state index in [1.807, 2.05) is 42.5 Å². The van der Waals surface area contributed by atoms with Crippen molar-refractivity contribution in [1.29, 1.82) is 0 Å². The van der Waals surface area contributed by atoms with Gasteiger partial charge in [0.25, 0.3) is 0 Å². The van der Waals surface area contributed by atoms with Crippen LogP contribution in [0.25, 0.3) is 22.6 Å². The third-order valence-corrected chi connectivity index (χ3v) is 4.25. The van der Waals surface area contributed by atoms with Crippen molar-refractivity contribution >= 4 is 17.4 Å². The zero-order valence-corrected chi connectivity index (χ0v) is 14.5. The molecule has 0 aliphatic heterocycles. The van der Waals surface area contributed by atoms with Crippen LogP contribution in [0.5, 0.6) is 0 Å². The average Bonchev–Trinajstić information content (AvgIpc) is 3.04. The van der Waals surface area contributed by atoms with Crippen LogP contribution in [0, 0.1) is 0 Å². The lowest BCUT2D eigenvalue weighted by Gasteiger charge is -2.05. The van der Waals surface area contributed by atoms with E-state index in [1.54, 1.807) is 29.2 Å². The van der Waals surface area contributed by atoms with Crippen LogP contribution >= 0.6 is 11.6 Å². The van der Waals surface area contributed by atoms with Crippen LogP contribution in [0.4, 0.5) is 5.82 Å². The summed E-state index contributed by atoms with van der Waals surface area (Å²) in [7, 11) is 0. The zero-order chi connectivity index (χ0) is 17.9. The van der Waals surface area contributed by atoms with E-state index in [2.05, 4.69) is 20.3 Å². The molecule has 0 spiro atoms. The highest BCUT2D eigenvalue weighted by Gasteiger charge is 2.13. The van der Waals surface area contributed by atoms with E-state index >= 15 is 0 Å². The molecule has 0 saturated carbocycles. The number of nitrogen functional groups attached to an aromatic ring is 1. The Labute approximate surface area is 155 Å². The summed E-state index contributed by atoms with van der Waals surface area (Å²) in [5.41, 5.74) is 9.57. The second-order valence-electron chi connectivity index (χ2n) is 5.76. The summed E-state index contributed by atoms with van der Waals surface area (Å²) in [5.74, 6) is 0.953. The summed E-state index contributed by atoms with van der Waals surface area (Å²) in [6, 6.07) is 17.4. The van der Waals surface area contributed by atoms with Gasteiger partial charge < -0.3 is 5.73 Å². The Morgan fingerprint density at radius 1 is 0.923 bits per heavy atom. The highest BCUT2D eigenvalue weighted by molar-refractivity contribution is 6.30. The summed E-state index contributed by atoms with van der Waals surface area (Å²) >= 11 is 5.91. The van der Waals surface area contributed by atoms with Crippen molar-refractivity contribution in [3.63, 3.8) is 0 Å². The van der Waals surface area contributed by atoms with Gasteiger partial charge in [-0.15, -0.1) is 10.2 Å². The van der Waals surface area contributed by atoms with Crippen molar-refractivity contribution in [3.8, 4) is 22.6 Å². The fourth-order valence-corrected chi connectivity index (χ4v) is 2.73. The fraction of sp³-hybridized carbons (Fsp3) is 0.0526. The van der Waals surface area contributed by atoms with Crippen LogP contribution in [0.15, 0.2) is 67.0 Å². The van der Waals surface area contributed by atoms with E-state index in [9.17, 15) is 0 Å². The molecule has 0 aliphatic rings. The van der Waals surface area contributed by atoms with Crippen molar-refractivity contribution in [3.05, 3.63) is 77.6 Å². The number of rotatable bonds is 4. The Morgan fingerprint density at radius 3 is 2.38 bits per heavy atom. The fourth-order valence-electron chi connectivity index (χ4n) is 2.60. The summed E-state index contributed by atoms with van der Waals surface area (Å²) in [4.78, 5) is 4.39. The van der Waals surface area contributed by atoms with Gasteiger partial charge in [0.15, 0.2) is 5.82 Å². The van der Waals surface area contributed by atoms with Crippen molar-refractivity contribution in [2.75, 3.05) is 5.73 Å². The Hall–Kier alpha value is -3.25. The van der Waals surface area contributed by atoms with Crippen LogP contribution in [-0.2, 0) is 6.54 Å². The molecule has 0 bridgehead atoms. The predicted molar refractivity (Wildman–Crippen MR) is 101 cm³/mol. The van der Waals surface area contributed by atoms with Gasteiger partial charge in [-0.05, 0) is 17.7 Å². The molecule has 0 amide bonds. The van der Waals surface area contributed by atoms with Crippen LogP contribution < -0.4 is 5.73 Å². The smallest absolute Gasteiger partial charge is 0.187 e. The SMILES string of the molecule is Nc1c(-c2ncc(-c3ccc(Cl)cc3)nn2)cnn1Cc1ccccc1. The van der Waals surface area contributed by atoms with Crippen molar-refractivity contribution in [2.45, 2.75) is 6.54 Å². The van der Waals surface area contributed by atoms with E-state index in [0.717, 1.165) is 11.1 Å². The summed E-state index contributed by atoms with van der Waals surface area (Å²) < 4.78 is 1.72. The quantitative estimate of drug-likeness (QED) is 0.598. The van der Waals surface area contributed by atoms with E-state index < -0.39 is 0 Å². The molecule has 0 aliphatic carbocycles. The largest absolute Gasteiger partial charge is 0.383 e. The van der Waals surface area contributed by atoms with Crippen LogP contribution in [0.1, 0.15) is 5.56 Å². The molecule has 0 fully saturated rings. The number of halogens is 1. The second-order valence-corrected chi connectivity index (χ2v) is 6.20. The molecule has 0 unspecified atom stereocenters. The molecule has 0 atom stereocenters. The molecule has 128 valence electrons. The second kappa shape index (κ2) is 6.93. The minimum absolute atomic E-state index is 0.444. The Kier molecular flexibility index (Phi) is 4.33. The monoisotopic (exact) mass is 362 g/mol. The lowest BCUT2D eigenvalue weighted by atomic mass is 10.2. The van der Waals surface area contributed by atoms with Gasteiger partial charge in [-0.2, -0.15) is 5.10 Å². The molecule has 4 rings (SSSR count). The molecule has 7 heteroatoms. The van der Waals surface area contributed by atoms with Gasteiger partial charge in [-0.3, -0.25) is 0 Å². The highest BCUT2D eigenvalue weighted by atomic mass is 35.5. The molecule has 0 radical (unpaired) electrons. The third-order valence-electron chi connectivity index (χ3n) is 4.00. The minimum atomic E-state index is 0.444.